The van der Waals surface area contributed by atoms with E-state index in [2.05, 4.69) is 24.9 Å². The number of anilines is 1. The van der Waals surface area contributed by atoms with Crippen LogP contribution in [0.5, 0.6) is 5.88 Å². The molecule has 0 radical (unpaired) electrons. The summed E-state index contributed by atoms with van der Waals surface area (Å²) in [5.41, 5.74) is 0.636. The maximum Gasteiger partial charge on any atom is 0.271 e. The number of amides is 1. The van der Waals surface area contributed by atoms with Crippen molar-refractivity contribution >= 4 is 35.0 Å². The highest BCUT2D eigenvalue weighted by atomic mass is 35.5. The molecule has 1 amide bonds. The van der Waals surface area contributed by atoms with Gasteiger partial charge in [0.05, 0.1) is 12.8 Å². The molecule has 2 rings (SSSR count). The van der Waals surface area contributed by atoms with Crippen LogP contribution in [0.25, 0.3) is 0 Å². The number of hydrogen-bond donors (Lipinski definition) is 1. The minimum atomic E-state index is -0.365. The van der Waals surface area contributed by atoms with E-state index in [1.165, 1.54) is 13.2 Å². The summed E-state index contributed by atoms with van der Waals surface area (Å²) in [6, 6.07) is 1.45. The molecule has 0 spiro atoms. The molecule has 2 heterocycles. The number of aryl methyl sites for hydroxylation is 1. The van der Waals surface area contributed by atoms with Crippen molar-refractivity contribution in [1.29, 1.82) is 0 Å². The molecule has 0 aromatic carbocycles. The van der Waals surface area contributed by atoms with Gasteiger partial charge >= 0.3 is 0 Å². The van der Waals surface area contributed by atoms with E-state index in [0.717, 1.165) is 11.5 Å². The van der Waals surface area contributed by atoms with Gasteiger partial charge in [-0.1, -0.05) is 23.0 Å². The third-order valence-electron chi connectivity index (χ3n) is 2.20. The number of methoxy groups -OCH3 is 1. The number of nitrogens with one attached hydrogen (secondary N) is 1. The predicted octanol–water partition coefficient (Wildman–Crippen LogP) is 1.80. The first-order valence-electron chi connectivity index (χ1n) is 5.35. The van der Waals surface area contributed by atoms with E-state index in [9.17, 15) is 4.79 Å². The van der Waals surface area contributed by atoms with Crippen molar-refractivity contribution in [2.24, 2.45) is 0 Å². The third kappa shape index (κ3) is 3.15. The highest BCUT2D eigenvalue weighted by Crippen LogP contribution is 2.17. The Hall–Kier alpha value is -1.80. The Balaban J connectivity index is 2.21. The third-order valence-corrected chi connectivity index (χ3v) is 3.16. The Morgan fingerprint density at radius 1 is 1.53 bits per heavy atom. The molecule has 100 valence electrons. The van der Waals surface area contributed by atoms with Crippen molar-refractivity contribution in [2.45, 2.75) is 13.3 Å². The second kappa shape index (κ2) is 5.89. The first kappa shape index (κ1) is 13.6. The summed E-state index contributed by atoms with van der Waals surface area (Å²) in [7, 11) is 1.45. The molecule has 0 fully saturated rings. The average molecular weight is 300 g/mol. The number of hydrogen-bond acceptors (Lipinski definition) is 7. The summed E-state index contributed by atoms with van der Waals surface area (Å²) in [5.74, 6) is -0.0191. The standard InChI is InChI=1S/C10H10ClN5O2S/c1-3-5-8(19-16-15-5)9(17)14-10-12-6(11)4-7(13-10)18-2/h4H,3H2,1-2H3,(H,12,13,14,17). The van der Waals surface area contributed by atoms with Crippen LogP contribution in [0.2, 0.25) is 5.15 Å². The minimum absolute atomic E-state index is 0.0739. The SMILES string of the molecule is CCc1nnsc1C(=O)Nc1nc(Cl)cc(OC)n1. The monoisotopic (exact) mass is 299 g/mol. The summed E-state index contributed by atoms with van der Waals surface area (Å²) in [5, 5.41) is 6.58. The van der Waals surface area contributed by atoms with Crippen molar-refractivity contribution in [2.75, 3.05) is 12.4 Å². The van der Waals surface area contributed by atoms with Crippen molar-refractivity contribution in [1.82, 2.24) is 19.6 Å². The average Bonchev–Trinajstić information content (AvgIpc) is 2.86. The molecule has 2 aromatic heterocycles. The summed E-state index contributed by atoms with van der Waals surface area (Å²) in [6.07, 6.45) is 0.624. The van der Waals surface area contributed by atoms with E-state index >= 15 is 0 Å². The lowest BCUT2D eigenvalue weighted by Gasteiger charge is -2.05. The van der Waals surface area contributed by atoms with Gasteiger partial charge < -0.3 is 4.74 Å². The molecule has 1 N–H and O–H groups in total. The summed E-state index contributed by atoms with van der Waals surface area (Å²) >= 11 is 6.81. The van der Waals surface area contributed by atoms with E-state index in [-0.39, 0.29) is 22.9 Å². The Labute approximate surface area is 118 Å². The lowest BCUT2D eigenvalue weighted by Crippen LogP contribution is -2.14. The van der Waals surface area contributed by atoms with Crippen molar-refractivity contribution in [3.05, 3.63) is 21.8 Å². The van der Waals surface area contributed by atoms with Crippen molar-refractivity contribution in [3.8, 4) is 5.88 Å². The van der Waals surface area contributed by atoms with E-state index in [0.29, 0.717) is 17.0 Å². The van der Waals surface area contributed by atoms with Gasteiger partial charge in [-0.15, -0.1) is 5.10 Å². The fourth-order valence-electron chi connectivity index (χ4n) is 1.33. The van der Waals surface area contributed by atoms with Crippen LogP contribution in [0, 0.1) is 0 Å². The summed E-state index contributed by atoms with van der Waals surface area (Å²) in [6.45, 7) is 1.90. The molecule has 19 heavy (non-hydrogen) atoms. The lowest BCUT2D eigenvalue weighted by atomic mass is 10.3. The summed E-state index contributed by atoms with van der Waals surface area (Å²) in [4.78, 5) is 20.3. The fraction of sp³-hybridized carbons (Fsp3) is 0.300. The van der Waals surface area contributed by atoms with Crippen LogP contribution >= 0.6 is 23.1 Å². The van der Waals surface area contributed by atoms with Gasteiger partial charge in [0.1, 0.15) is 10.0 Å². The van der Waals surface area contributed by atoms with Gasteiger partial charge in [0.15, 0.2) is 0 Å². The maximum atomic E-state index is 12.0. The van der Waals surface area contributed by atoms with Crippen molar-refractivity contribution in [3.63, 3.8) is 0 Å². The second-order valence-electron chi connectivity index (χ2n) is 3.41. The van der Waals surface area contributed by atoms with Gasteiger partial charge in [-0.05, 0) is 18.0 Å². The van der Waals surface area contributed by atoms with Crippen LogP contribution < -0.4 is 10.1 Å². The zero-order chi connectivity index (χ0) is 13.8. The predicted molar refractivity (Wildman–Crippen MR) is 70.8 cm³/mol. The largest absolute Gasteiger partial charge is 0.481 e. The van der Waals surface area contributed by atoms with Crippen LogP contribution in [0.1, 0.15) is 22.3 Å². The number of halogens is 1. The molecular formula is C10H10ClN5O2S. The topological polar surface area (TPSA) is 89.9 Å². The number of ether oxygens (including phenoxy) is 1. The van der Waals surface area contributed by atoms with Gasteiger partial charge in [0.25, 0.3) is 5.91 Å². The molecule has 0 saturated heterocycles. The number of rotatable bonds is 4. The minimum Gasteiger partial charge on any atom is -0.481 e. The number of aromatic nitrogens is 4. The Kier molecular flexibility index (Phi) is 4.23. The lowest BCUT2D eigenvalue weighted by molar-refractivity contribution is 0.102. The normalized spacial score (nSPS) is 10.3. The molecule has 0 aliphatic heterocycles. The van der Waals surface area contributed by atoms with Gasteiger partial charge in [-0.2, -0.15) is 4.98 Å². The van der Waals surface area contributed by atoms with Crippen LogP contribution in [0.3, 0.4) is 0 Å². The molecule has 7 nitrogen and oxygen atoms in total. The van der Waals surface area contributed by atoms with Crippen molar-refractivity contribution < 1.29 is 9.53 Å². The zero-order valence-corrected chi connectivity index (χ0v) is 11.7. The van der Waals surface area contributed by atoms with Gasteiger partial charge in [-0.25, -0.2) is 4.98 Å². The van der Waals surface area contributed by atoms with E-state index in [1.54, 1.807) is 0 Å². The van der Waals surface area contributed by atoms with E-state index in [1.807, 2.05) is 6.92 Å². The van der Waals surface area contributed by atoms with Gasteiger partial charge in [0, 0.05) is 6.07 Å². The second-order valence-corrected chi connectivity index (χ2v) is 4.55. The first-order chi connectivity index (χ1) is 9.13. The van der Waals surface area contributed by atoms with Gasteiger partial charge in [-0.3, -0.25) is 10.1 Å². The van der Waals surface area contributed by atoms with Crippen LogP contribution in [-0.4, -0.2) is 32.6 Å². The molecular weight excluding hydrogens is 290 g/mol. The smallest absolute Gasteiger partial charge is 0.271 e. The molecule has 0 bridgehead atoms. The maximum absolute atomic E-state index is 12.0. The highest BCUT2D eigenvalue weighted by molar-refractivity contribution is 7.08. The van der Waals surface area contributed by atoms with Crippen LogP contribution in [0.15, 0.2) is 6.07 Å². The molecule has 0 aliphatic rings. The van der Waals surface area contributed by atoms with Crippen LogP contribution in [-0.2, 0) is 6.42 Å². The quantitative estimate of drug-likeness (QED) is 0.866. The number of carbonyl (C=O) groups excluding carboxylic acids is 1. The van der Waals surface area contributed by atoms with Gasteiger partial charge in [0.2, 0.25) is 11.8 Å². The summed E-state index contributed by atoms with van der Waals surface area (Å²) < 4.78 is 8.69. The Morgan fingerprint density at radius 2 is 2.32 bits per heavy atom. The fourth-order valence-corrected chi connectivity index (χ4v) is 2.15. The number of nitrogens with zero attached hydrogens (tertiary/aromatic N) is 4. The Morgan fingerprint density at radius 3 is 3.00 bits per heavy atom. The van der Waals surface area contributed by atoms with Crippen LogP contribution in [0.4, 0.5) is 5.95 Å². The number of carbonyl (C=O) groups is 1. The molecule has 0 saturated carbocycles. The molecule has 0 atom stereocenters. The molecule has 2 aromatic rings. The molecule has 0 aliphatic carbocycles. The van der Waals surface area contributed by atoms with E-state index in [4.69, 9.17) is 16.3 Å². The first-order valence-corrected chi connectivity index (χ1v) is 6.50. The molecule has 0 unspecified atom stereocenters. The highest BCUT2D eigenvalue weighted by Gasteiger charge is 2.16. The Bertz CT molecular complexity index is 603. The zero-order valence-electron chi connectivity index (χ0n) is 10.2. The molecule has 9 heteroatoms. The van der Waals surface area contributed by atoms with E-state index < -0.39 is 0 Å².